The fourth-order valence-electron chi connectivity index (χ4n) is 6.83. The minimum Gasteiger partial charge on any atom is -0.456 e. The first-order chi connectivity index (χ1) is 22.8. The average Bonchev–Trinajstić information content (AvgIpc) is 3.52. The largest absolute Gasteiger partial charge is 0.456 e. The van der Waals surface area contributed by atoms with Crippen molar-refractivity contribution in [3.05, 3.63) is 176 Å². The van der Waals surface area contributed by atoms with Crippen LogP contribution in [0, 0.1) is 0 Å². The van der Waals surface area contributed by atoms with E-state index < -0.39 is 0 Å². The van der Waals surface area contributed by atoms with Gasteiger partial charge in [-0.3, -0.25) is 0 Å². The highest BCUT2D eigenvalue weighted by Gasteiger charge is 2.15. The number of benzene rings is 8. The predicted octanol–water partition coefficient (Wildman–Crippen LogP) is 12.7. The van der Waals surface area contributed by atoms with Gasteiger partial charge in [0.1, 0.15) is 11.2 Å². The van der Waals surface area contributed by atoms with E-state index in [9.17, 15) is 0 Å². The molecule has 0 saturated heterocycles. The minimum atomic E-state index is 0.924. The van der Waals surface area contributed by atoms with Gasteiger partial charge in [0.25, 0.3) is 0 Å². The number of fused-ring (bicyclic) bond motifs is 7. The third-order valence-corrected chi connectivity index (χ3v) is 9.02. The summed E-state index contributed by atoms with van der Waals surface area (Å²) in [4.78, 5) is 2.33. The Kier molecular flexibility index (Phi) is 6.17. The summed E-state index contributed by atoms with van der Waals surface area (Å²) in [5.74, 6) is 0. The summed E-state index contributed by atoms with van der Waals surface area (Å²) in [7, 11) is 0. The Labute approximate surface area is 267 Å². The summed E-state index contributed by atoms with van der Waals surface area (Å²) in [5.41, 5.74) is 9.98. The van der Waals surface area contributed by atoms with Crippen LogP contribution in [-0.2, 0) is 0 Å². The zero-order valence-electron chi connectivity index (χ0n) is 25.1. The van der Waals surface area contributed by atoms with Crippen LogP contribution in [0.15, 0.2) is 180 Å². The van der Waals surface area contributed by atoms with Crippen LogP contribution >= 0.6 is 0 Å². The summed E-state index contributed by atoms with van der Waals surface area (Å²) in [5, 5.41) is 7.26. The van der Waals surface area contributed by atoms with Crippen molar-refractivity contribution in [3.8, 4) is 22.3 Å². The molecule has 9 rings (SSSR count). The van der Waals surface area contributed by atoms with Gasteiger partial charge in [0.2, 0.25) is 0 Å². The van der Waals surface area contributed by atoms with Gasteiger partial charge in [0.15, 0.2) is 0 Å². The number of furan rings is 1. The number of hydrogen-bond acceptors (Lipinski definition) is 2. The molecule has 8 aromatic carbocycles. The summed E-state index contributed by atoms with van der Waals surface area (Å²) in [6, 6.07) is 62.7. The lowest BCUT2D eigenvalue weighted by atomic mass is 9.94. The minimum absolute atomic E-state index is 0.924. The molecule has 46 heavy (non-hydrogen) atoms. The van der Waals surface area contributed by atoms with Crippen molar-refractivity contribution in [1.82, 2.24) is 0 Å². The Morgan fingerprint density at radius 3 is 1.78 bits per heavy atom. The SMILES string of the molecule is c1ccc(-c2ccc(N(c3ccccc3)c3cccc(-c4ccc5c(ccc6ccc7oc8ccccc8c7c65)c4)c3)cc2)cc1. The second kappa shape index (κ2) is 10.8. The standard InChI is InChI=1S/C44H29NO/c1-3-10-30(11-4-1)31-20-24-37(25-21-31)45(36-13-5-2-6-14-36)38-15-9-12-33(29-38)34-22-26-39-35(28-34)19-18-32-23-27-42-44(43(32)39)40-16-7-8-17-41(40)46-42/h1-29H. The normalized spacial score (nSPS) is 11.5. The lowest BCUT2D eigenvalue weighted by molar-refractivity contribution is 0.669. The van der Waals surface area contributed by atoms with Crippen molar-refractivity contribution < 1.29 is 4.42 Å². The molecule has 0 N–H and O–H groups in total. The number of hydrogen-bond donors (Lipinski definition) is 0. The molecule has 0 unspecified atom stereocenters. The van der Waals surface area contributed by atoms with E-state index in [-0.39, 0.29) is 0 Å². The first-order valence-corrected chi connectivity index (χ1v) is 15.7. The van der Waals surface area contributed by atoms with Crippen molar-refractivity contribution in [2.24, 2.45) is 0 Å². The molecule has 0 aliphatic carbocycles. The maximum absolute atomic E-state index is 6.24. The lowest BCUT2D eigenvalue weighted by Gasteiger charge is -2.26. The molecular weight excluding hydrogens is 558 g/mol. The van der Waals surface area contributed by atoms with Crippen LogP contribution in [0.5, 0.6) is 0 Å². The molecule has 0 aliphatic rings. The van der Waals surface area contributed by atoms with Gasteiger partial charge in [-0.1, -0.05) is 121 Å². The van der Waals surface area contributed by atoms with Crippen LogP contribution in [0.1, 0.15) is 0 Å². The van der Waals surface area contributed by atoms with Gasteiger partial charge in [0.05, 0.1) is 0 Å². The quantitative estimate of drug-likeness (QED) is 0.186. The molecule has 2 nitrogen and oxygen atoms in total. The number of rotatable bonds is 5. The molecule has 2 heteroatoms. The number of anilines is 3. The number of nitrogens with zero attached hydrogens (tertiary/aromatic N) is 1. The first kappa shape index (κ1) is 26.3. The summed E-state index contributed by atoms with van der Waals surface area (Å²) in [6.45, 7) is 0. The first-order valence-electron chi connectivity index (χ1n) is 15.7. The highest BCUT2D eigenvalue weighted by molar-refractivity contribution is 6.26. The average molecular weight is 588 g/mol. The van der Waals surface area contributed by atoms with Crippen LogP contribution in [0.25, 0.3) is 65.7 Å². The van der Waals surface area contributed by atoms with Gasteiger partial charge in [-0.2, -0.15) is 0 Å². The fraction of sp³-hybridized carbons (Fsp3) is 0. The van der Waals surface area contributed by atoms with Gasteiger partial charge >= 0.3 is 0 Å². The van der Waals surface area contributed by atoms with Gasteiger partial charge < -0.3 is 9.32 Å². The number of para-hydroxylation sites is 2. The molecule has 0 aliphatic heterocycles. The van der Waals surface area contributed by atoms with Crippen LogP contribution in [0.4, 0.5) is 17.1 Å². The second-order valence-corrected chi connectivity index (χ2v) is 11.8. The Morgan fingerprint density at radius 1 is 0.326 bits per heavy atom. The Hall–Kier alpha value is -6.12. The van der Waals surface area contributed by atoms with E-state index in [1.807, 2.05) is 12.1 Å². The summed E-state index contributed by atoms with van der Waals surface area (Å²) in [6.07, 6.45) is 0. The van der Waals surface area contributed by atoms with E-state index in [1.54, 1.807) is 0 Å². The van der Waals surface area contributed by atoms with Crippen LogP contribution in [-0.4, -0.2) is 0 Å². The smallest absolute Gasteiger partial charge is 0.136 e. The van der Waals surface area contributed by atoms with Crippen molar-refractivity contribution in [2.75, 3.05) is 4.90 Å². The highest BCUT2D eigenvalue weighted by atomic mass is 16.3. The van der Waals surface area contributed by atoms with Crippen LogP contribution in [0.2, 0.25) is 0 Å². The Balaban J connectivity index is 1.15. The fourth-order valence-corrected chi connectivity index (χ4v) is 6.83. The van der Waals surface area contributed by atoms with Crippen LogP contribution < -0.4 is 4.90 Å². The zero-order valence-corrected chi connectivity index (χ0v) is 25.1. The molecule has 9 aromatic rings. The van der Waals surface area contributed by atoms with Crippen molar-refractivity contribution in [1.29, 1.82) is 0 Å². The molecule has 0 bridgehead atoms. The molecule has 0 radical (unpaired) electrons. The van der Waals surface area contributed by atoms with E-state index >= 15 is 0 Å². The van der Waals surface area contributed by atoms with Crippen molar-refractivity contribution in [2.45, 2.75) is 0 Å². The molecule has 0 spiro atoms. The van der Waals surface area contributed by atoms with Gasteiger partial charge in [0, 0.05) is 33.2 Å². The van der Waals surface area contributed by atoms with Crippen molar-refractivity contribution >= 4 is 60.5 Å². The lowest BCUT2D eigenvalue weighted by Crippen LogP contribution is -2.09. The molecule has 0 fully saturated rings. The van der Waals surface area contributed by atoms with E-state index in [2.05, 4.69) is 169 Å². The Morgan fingerprint density at radius 2 is 0.935 bits per heavy atom. The topological polar surface area (TPSA) is 16.4 Å². The predicted molar refractivity (Wildman–Crippen MR) is 194 cm³/mol. The third kappa shape index (κ3) is 4.43. The van der Waals surface area contributed by atoms with Gasteiger partial charge in [-0.05, 0) is 93.0 Å². The molecular formula is C44H29NO. The molecule has 216 valence electrons. The highest BCUT2D eigenvalue weighted by Crippen LogP contribution is 2.41. The zero-order chi connectivity index (χ0) is 30.5. The maximum Gasteiger partial charge on any atom is 0.136 e. The van der Waals surface area contributed by atoms with Crippen LogP contribution in [0.3, 0.4) is 0 Å². The molecule has 0 saturated carbocycles. The van der Waals surface area contributed by atoms with E-state index in [1.165, 1.54) is 49.2 Å². The maximum atomic E-state index is 6.24. The third-order valence-electron chi connectivity index (χ3n) is 9.02. The van der Waals surface area contributed by atoms with E-state index in [0.29, 0.717) is 0 Å². The molecule has 1 aromatic heterocycles. The monoisotopic (exact) mass is 587 g/mol. The molecule has 0 atom stereocenters. The van der Waals surface area contributed by atoms with E-state index in [4.69, 9.17) is 4.42 Å². The molecule has 1 heterocycles. The van der Waals surface area contributed by atoms with Gasteiger partial charge in [-0.25, -0.2) is 0 Å². The summed E-state index contributed by atoms with van der Waals surface area (Å²) < 4.78 is 6.24. The second-order valence-electron chi connectivity index (χ2n) is 11.8. The molecule has 0 amide bonds. The Bertz CT molecular complexity index is 2510. The van der Waals surface area contributed by atoms with E-state index in [0.717, 1.165) is 33.6 Å². The summed E-state index contributed by atoms with van der Waals surface area (Å²) >= 11 is 0. The van der Waals surface area contributed by atoms with Gasteiger partial charge in [-0.15, -0.1) is 0 Å². The van der Waals surface area contributed by atoms with Crippen molar-refractivity contribution in [3.63, 3.8) is 0 Å².